The van der Waals surface area contributed by atoms with Crippen LogP contribution in [0.5, 0.6) is 0 Å². The van der Waals surface area contributed by atoms with Crippen LogP contribution in [-0.2, 0) is 0 Å². The average molecular weight is 295 g/mol. The molecule has 20 heavy (non-hydrogen) atoms. The molecule has 108 valence electrons. The summed E-state index contributed by atoms with van der Waals surface area (Å²) in [6.45, 7) is 6.42. The van der Waals surface area contributed by atoms with Gasteiger partial charge in [0.15, 0.2) is 0 Å². The lowest BCUT2D eigenvalue weighted by Gasteiger charge is -2.36. The maximum atomic E-state index is 6.19. The minimum absolute atomic E-state index is 0.413. The summed E-state index contributed by atoms with van der Waals surface area (Å²) in [5.74, 6) is 2.00. The van der Waals surface area contributed by atoms with Crippen molar-refractivity contribution in [1.29, 1.82) is 0 Å². The Labute approximate surface area is 123 Å². The van der Waals surface area contributed by atoms with Gasteiger partial charge in [-0.1, -0.05) is 18.5 Å². The van der Waals surface area contributed by atoms with Gasteiger partial charge in [0, 0.05) is 18.2 Å². The molecule has 2 aromatic rings. The molecule has 2 aromatic heterocycles. The van der Waals surface area contributed by atoms with E-state index in [0.717, 1.165) is 30.9 Å². The van der Waals surface area contributed by atoms with Gasteiger partial charge >= 0.3 is 0 Å². The summed E-state index contributed by atoms with van der Waals surface area (Å²) >= 11 is 6.19. The monoisotopic (exact) mass is 294 g/mol. The smallest absolute Gasteiger partial charge is 0.255 e. The van der Waals surface area contributed by atoms with Crippen molar-refractivity contribution in [2.45, 2.75) is 26.3 Å². The number of nitrogens with one attached hydrogen (secondary N) is 1. The van der Waals surface area contributed by atoms with Crippen molar-refractivity contribution in [3.8, 4) is 0 Å². The van der Waals surface area contributed by atoms with E-state index in [9.17, 15) is 0 Å². The highest BCUT2D eigenvalue weighted by atomic mass is 35.5. The Balaban J connectivity index is 1.94. The lowest BCUT2D eigenvalue weighted by molar-refractivity contribution is 0.206. The predicted octanol–water partition coefficient (Wildman–Crippen LogP) is 1.84. The number of nitrogens with zero attached hydrogens (tertiary/aromatic N) is 5. The molecule has 0 radical (unpaired) electrons. The normalized spacial score (nSPS) is 24.2. The van der Waals surface area contributed by atoms with E-state index < -0.39 is 0 Å². The molecule has 1 aliphatic rings. The fourth-order valence-electron chi connectivity index (χ4n) is 2.81. The fraction of sp³-hybridized carbons (Fsp3) is 0.615. The van der Waals surface area contributed by atoms with E-state index in [-0.39, 0.29) is 0 Å². The third-order valence-corrected chi connectivity index (χ3v) is 4.40. The van der Waals surface area contributed by atoms with Crippen molar-refractivity contribution in [3.05, 3.63) is 17.0 Å². The highest BCUT2D eigenvalue weighted by Crippen LogP contribution is 2.26. The van der Waals surface area contributed by atoms with Gasteiger partial charge in [-0.25, -0.2) is 0 Å². The average Bonchev–Trinajstić information content (AvgIpc) is 2.85. The molecular weight excluding hydrogens is 276 g/mol. The van der Waals surface area contributed by atoms with Crippen LogP contribution < -0.4 is 5.32 Å². The van der Waals surface area contributed by atoms with Crippen LogP contribution in [0.2, 0.25) is 5.15 Å². The second-order valence-corrected chi connectivity index (χ2v) is 5.99. The van der Waals surface area contributed by atoms with Crippen molar-refractivity contribution >= 4 is 23.2 Å². The summed E-state index contributed by atoms with van der Waals surface area (Å²) in [5.41, 5.74) is 0.913. The number of rotatable bonds is 2. The minimum atomic E-state index is 0.413. The van der Waals surface area contributed by atoms with E-state index in [0.29, 0.717) is 22.9 Å². The molecule has 1 saturated heterocycles. The molecule has 2 unspecified atom stereocenters. The molecule has 0 aromatic carbocycles. The third-order valence-electron chi connectivity index (χ3n) is 4.03. The van der Waals surface area contributed by atoms with Gasteiger partial charge in [-0.15, -0.1) is 0 Å². The summed E-state index contributed by atoms with van der Waals surface area (Å²) in [5, 5.41) is 8.32. The van der Waals surface area contributed by atoms with Crippen molar-refractivity contribution in [1.82, 2.24) is 24.5 Å². The lowest BCUT2D eigenvalue weighted by Crippen LogP contribution is -2.43. The predicted molar refractivity (Wildman–Crippen MR) is 79.2 cm³/mol. The highest BCUT2D eigenvalue weighted by molar-refractivity contribution is 6.30. The first-order valence-electron chi connectivity index (χ1n) is 6.87. The molecule has 3 rings (SSSR count). The van der Waals surface area contributed by atoms with E-state index in [1.807, 2.05) is 6.92 Å². The van der Waals surface area contributed by atoms with Crippen molar-refractivity contribution < 1.29 is 0 Å². The van der Waals surface area contributed by atoms with Crippen LogP contribution in [0.3, 0.4) is 0 Å². The Morgan fingerprint density at radius 2 is 2.25 bits per heavy atom. The van der Waals surface area contributed by atoms with Gasteiger partial charge in [0.1, 0.15) is 17.3 Å². The van der Waals surface area contributed by atoms with Crippen LogP contribution in [0.1, 0.15) is 18.9 Å². The topological polar surface area (TPSA) is 58.4 Å². The van der Waals surface area contributed by atoms with Crippen LogP contribution in [0, 0.1) is 12.8 Å². The van der Waals surface area contributed by atoms with E-state index in [2.05, 4.69) is 39.3 Å². The summed E-state index contributed by atoms with van der Waals surface area (Å²) in [7, 11) is 2.16. The fourth-order valence-corrected chi connectivity index (χ4v) is 2.98. The van der Waals surface area contributed by atoms with Gasteiger partial charge < -0.3 is 10.2 Å². The van der Waals surface area contributed by atoms with Crippen molar-refractivity contribution in [2.24, 2.45) is 5.92 Å². The molecule has 3 heterocycles. The van der Waals surface area contributed by atoms with Crippen LogP contribution in [0.25, 0.3) is 5.78 Å². The zero-order valence-electron chi connectivity index (χ0n) is 12.0. The van der Waals surface area contributed by atoms with Gasteiger partial charge in [0.2, 0.25) is 0 Å². The number of aromatic nitrogens is 4. The zero-order chi connectivity index (χ0) is 14.3. The maximum Gasteiger partial charge on any atom is 0.255 e. The first kappa shape index (κ1) is 13.6. The first-order chi connectivity index (χ1) is 9.56. The van der Waals surface area contributed by atoms with Gasteiger partial charge in [0.05, 0.1) is 0 Å². The summed E-state index contributed by atoms with van der Waals surface area (Å²) in [6, 6.07) is 0.413. The Morgan fingerprint density at radius 1 is 1.45 bits per heavy atom. The first-order valence-corrected chi connectivity index (χ1v) is 7.25. The van der Waals surface area contributed by atoms with E-state index >= 15 is 0 Å². The van der Waals surface area contributed by atoms with Crippen molar-refractivity contribution in [2.75, 3.05) is 25.5 Å². The number of hydrogen-bond donors (Lipinski definition) is 1. The number of piperidine rings is 1. The molecule has 7 heteroatoms. The van der Waals surface area contributed by atoms with Gasteiger partial charge in [-0.05, 0) is 32.9 Å². The largest absolute Gasteiger partial charge is 0.366 e. The van der Waals surface area contributed by atoms with Crippen LogP contribution in [0.4, 0.5) is 5.82 Å². The molecule has 1 N–H and O–H groups in total. The SMILES string of the molecule is Cc1c(Cl)nc2ncnn2c1NC1CCN(C)CC1C. The molecular formula is C13H19ClN6. The Hall–Kier alpha value is -1.40. The second-order valence-electron chi connectivity index (χ2n) is 5.63. The minimum Gasteiger partial charge on any atom is -0.366 e. The molecule has 6 nitrogen and oxygen atoms in total. The Morgan fingerprint density at radius 3 is 3.00 bits per heavy atom. The number of hydrogen-bond acceptors (Lipinski definition) is 5. The summed E-state index contributed by atoms with van der Waals surface area (Å²) < 4.78 is 1.73. The van der Waals surface area contributed by atoms with Gasteiger partial charge in [-0.2, -0.15) is 19.6 Å². The zero-order valence-corrected chi connectivity index (χ0v) is 12.7. The van der Waals surface area contributed by atoms with E-state index in [1.165, 1.54) is 6.33 Å². The summed E-state index contributed by atoms with van der Waals surface area (Å²) in [4.78, 5) is 10.7. The molecule has 2 atom stereocenters. The number of halogens is 1. The number of likely N-dealkylation sites (tertiary alicyclic amines) is 1. The molecule has 0 bridgehead atoms. The standard InChI is InChI=1S/C13H19ClN6/c1-8-6-19(3)5-4-10(8)17-12-9(2)11(14)18-13-15-7-16-20(12)13/h7-8,10,17H,4-6H2,1-3H3. The molecule has 1 fully saturated rings. The maximum absolute atomic E-state index is 6.19. The quantitative estimate of drug-likeness (QED) is 0.857. The second kappa shape index (κ2) is 5.18. The van der Waals surface area contributed by atoms with Crippen LogP contribution in [0.15, 0.2) is 6.33 Å². The lowest BCUT2D eigenvalue weighted by atomic mass is 9.94. The summed E-state index contributed by atoms with van der Waals surface area (Å²) in [6.07, 6.45) is 2.61. The van der Waals surface area contributed by atoms with Gasteiger partial charge in [0.25, 0.3) is 5.78 Å². The van der Waals surface area contributed by atoms with E-state index in [1.54, 1.807) is 4.52 Å². The van der Waals surface area contributed by atoms with Gasteiger partial charge in [-0.3, -0.25) is 0 Å². The van der Waals surface area contributed by atoms with Crippen molar-refractivity contribution in [3.63, 3.8) is 0 Å². The molecule has 0 aliphatic carbocycles. The Bertz CT molecular complexity index is 625. The Kier molecular flexibility index (Phi) is 3.52. The molecule has 0 saturated carbocycles. The third kappa shape index (κ3) is 2.33. The van der Waals surface area contributed by atoms with Crippen LogP contribution in [-0.4, -0.2) is 50.7 Å². The molecule has 0 amide bonds. The number of anilines is 1. The molecule has 0 spiro atoms. The van der Waals surface area contributed by atoms with Crippen LogP contribution >= 0.6 is 11.6 Å². The van der Waals surface area contributed by atoms with E-state index in [4.69, 9.17) is 11.6 Å². The molecule has 1 aliphatic heterocycles. The highest BCUT2D eigenvalue weighted by Gasteiger charge is 2.25. The number of fused-ring (bicyclic) bond motifs is 1.